The third-order valence-corrected chi connectivity index (χ3v) is 2.36. The normalized spacial score (nSPS) is 12.9. The largest absolute Gasteiger partial charge is 0.353 e. The number of hydrogen-bond acceptors (Lipinski definition) is 2. The van der Waals surface area contributed by atoms with Gasteiger partial charge in [-0.05, 0) is 25.8 Å². The molecule has 0 aromatic rings. The van der Waals surface area contributed by atoms with Gasteiger partial charge in [0.05, 0.1) is 6.54 Å². The molecule has 0 radical (unpaired) electrons. The van der Waals surface area contributed by atoms with Crippen LogP contribution in [0.4, 0.5) is 0 Å². The van der Waals surface area contributed by atoms with Crippen LogP contribution in [-0.2, 0) is 4.79 Å². The fourth-order valence-corrected chi connectivity index (χ4v) is 1.47. The lowest BCUT2D eigenvalue weighted by atomic mass is 10.0. The number of likely N-dealkylation sites (N-methyl/N-ethyl adjacent to an activating group) is 1. The van der Waals surface area contributed by atoms with Gasteiger partial charge in [0.1, 0.15) is 0 Å². The molecule has 0 aliphatic heterocycles. The summed E-state index contributed by atoms with van der Waals surface area (Å²) in [6, 6.07) is 0.301. The number of carbonyl (C=O) groups is 1. The van der Waals surface area contributed by atoms with E-state index >= 15 is 0 Å². The Morgan fingerprint density at radius 3 is 2.40 bits per heavy atom. The number of hydrogen-bond donors (Lipinski definition) is 2. The minimum Gasteiger partial charge on any atom is -0.353 e. The third-order valence-electron chi connectivity index (χ3n) is 2.36. The van der Waals surface area contributed by atoms with Gasteiger partial charge in [-0.15, -0.1) is 0 Å². The second-order valence-electron chi connectivity index (χ2n) is 4.57. The summed E-state index contributed by atoms with van der Waals surface area (Å²) in [6.07, 6.45) is 3.52. The number of amides is 1. The van der Waals surface area contributed by atoms with Gasteiger partial charge in [-0.1, -0.05) is 33.6 Å². The van der Waals surface area contributed by atoms with E-state index in [9.17, 15) is 4.79 Å². The highest BCUT2D eigenvalue weighted by atomic mass is 16.1. The first-order chi connectivity index (χ1) is 7.06. The SMILES string of the molecule is CCNCC(=O)NC(C)CCCC(C)C. The standard InChI is InChI=1S/C12H26N2O/c1-5-13-9-12(15)14-11(4)8-6-7-10(2)3/h10-11,13H,5-9H2,1-4H3,(H,14,15). The highest BCUT2D eigenvalue weighted by molar-refractivity contribution is 5.78. The summed E-state index contributed by atoms with van der Waals surface area (Å²) in [6.45, 7) is 9.81. The first-order valence-corrected chi connectivity index (χ1v) is 6.06. The summed E-state index contributed by atoms with van der Waals surface area (Å²) in [5, 5.41) is 6.00. The molecule has 0 aromatic heterocycles. The average molecular weight is 214 g/mol. The predicted molar refractivity (Wildman–Crippen MR) is 64.8 cm³/mol. The minimum atomic E-state index is 0.105. The van der Waals surface area contributed by atoms with Gasteiger partial charge >= 0.3 is 0 Å². The molecule has 0 aliphatic rings. The molecule has 0 spiro atoms. The summed E-state index contributed by atoms with van der Waals surface area (Å²) < 4.78 is 0. The van der Waals surface area contributed by atoms with Crippen molar-refractivity contribution in [2.24, 2.45) is 5.92 Å². The van der Waals surface area contributed by atoms with Crippen LogP contribution >= 0.6 is 0 Å². The molecule has 0 saturated heterocycles. The van der Waals surface area contributed by atoms with E-state index in [-0.39, 0.29) is 5.91 Å². The van der Waals surface area contributed by atoms with Gasteiger partial charge in [-0.2, -0.15) is 0 Å². The molecule has 0 bridgehead atoms. The van der Waals surface area contributed by atoms with Crippen LogP contribution in [0.2, 0.25) is 0 Å². The lowest BCUT2D eigenvalue weighted by Gasteiger charge is -2.14. The molecule has 0 saturated carbocycles. The van der Waals surface area contributed by atoms with Crippen molar-refractivity contribution in [1.29, 1.82) is 0 Å². The maximum atomic E-state index is 11.3. The van der Waals surface area contributed by atoms with Crippen molar-refractivity contribution in [3.8, 4) is 0 Å². The smallest absolute Gasteiger partial charge is 0.234 e. The highest BCUT2D eigenvalue weighted by Gasteiger charge is 2.06. The van der Waals surface area contributed by atoms with Crippen molar-refractivity contribution in [3.63, 3.8) is 0 Å². The highest BCUT2D eigenvalue weighted by Crippen LogP contribution is 2.07. The van der Waals surface area contributed by atoms with E-state index < -0.39 is 0 Å². The number of rotatable bonds is 8. The summed E-state index contributed by atoms with van der Waals surface area (Å²) in [5.74, 6) is 0.864. The van der Waals surface area contributed by atoms with E-state index in [4.69, 9.17) is 0 Å². The van der Waals surface area contributed by atoms with Gasteiger partial charge in [0, 0.05) is 6.04 Å². The molecular formula is C12H26N2O. The molecule has 1 amide bonds. The van der Waals surface area contributed by atoms with Crippen molar-refractivity contribution in [2.45, 2.75) is 53.0 Å². The van der Waals surface area contributed by atoms with Crippen molar-refractivity contribution in [1.82, 2.24) is 10.6 Å². The van der Waals surface area contributed by atoms with E-state index in [0.717, 1.165) is 18.9 Å². The number of carbonyl (C=O) groups excluding carboxylic acids is 1. The van der Waals surface area contributed by atoms with E-state index in [2.05, 4.69) is 31.4 Å². The molecule has 0 fully saturated rings. The van der Waals surface area contributed by atoms with E-state index in [1.807, 2.05) is 6.92 Å². The van der Waals surface area contributed by atoms with Gasteiger partial charge in [-0.3, -0.25) is 4.79 Å². The fraction of sp³-hybridized carbons (Fsp3) is 0.917. The Hall–Kier alpha value is -0.570. The van der Waals surface area contributed by atoms with Crippen LogP contribution in [0.5, 0.6) is 0 Å². The third kappa shape index (κ3) is 9.73. The fourth-order valence-electron chi connectivity index (χ4n) is 1.47. The van der Waals surface area contributed by atoms with Crippen LogP contribution in [0.15, 0.2) is 0 Å². The zero-order chi connectivity index (χ0) is 11.7. The van der Waals surface area contributed by atoms with E-state index in [0.29, 0.717) is 12.6 Å². The maximum Gasteiger partial charge on any atom is 0.234 e. The average Bonchev–Trinajstić information content (AvgIpc) is 2.14. The molecule has 3 nitrogen and oxygen atoms in total. The molecule has 1 unspecified atom stereocenters. The Morgan fingerprint density at radius 1 is 1.20 bits per heavy atom. The zero-order valence-corrected chi connectivity index (χ0v) is 10.6. The van der Waals surface area contributed by atoms with Crippen LogP contribution in [0.25, 0.3) is 0 Å². The molecule has 0 aliphatic carbocycles. The molecule has 1 atom stereocenters. The topological polar surface area (TPSA) is 41.1 Å². The van der Waals surface area contributed by atoms with Crippen molar-refractivity contribution in [3.05, 3.63) is 0 Å². The summed E-state index contributed by atoms with van der Waals surface area (Å²) >= 11 is 0. The Morgan fingerprint density at radius 2 is 1.87 bits per heavy atom. The van der Waals surface area contributed by atoms with Gasteiger partial charge < -0.3 is 10.6 Å². The van der Waals surface area contributed by atoms with Crippen molar-refractivity contribution >= 4 is 5.91 Å². The van der Waals surface area contributed by atoms with E-state index in [1.54, 1.807) is 0 Å². The molecule has 90 valence electrons. The molecular weight excluding hydrogens is 188 g/mol. The monoisotopic (exact) mass is 214 g/mol. The van der Waals surface area contributed by atoms with Crippen LogP contribution in [0, 0.1) is 5.92 Å². The second kappa shape index (κ2) is 8.72. The van der Waals surface area contributed by atoms with Crippen molar-refractivity contribution < 1.29 is 4.79 Å². The first kappa shape index (κ1) is 14.4. The van der Waals surface area contributed by atoms with Crippen LogP contribution < -0.4 is 10.6 Å². The predicted octanol–water partition coefficient (Wildman–Crippen LogP) is 1.93. The molecule has 2 N–H and O–H groups in total. The van der Waals surface area contributed by atoms with Crippen LogP contribution in [0.1, 0.15) is 47.0 Å². The quantitative estimate of drug-likeness (QED) is 0.648. The summed E-state index contributed by atoms with van der Waals surface area (Å²) in [4.78, 5) is 11.3. The van der Waals surface area contributed by atoms with Crippen LogP contribution in [-0.4, -0.2) is 25.0 Å². The lowest BCUT2D eigenvalue weighted by Crippen LogP contribution is -2.38. The Kier molecular flexibility index (Phi) is 8.38. The van der Waals surface area contributed by atoms with Crippen LogP contribution in [0.3, 0.4) is 0 Å². The first-order valence-electron chi connectivity index (χ1n) is 6.06. The summed E-state index contributed by atoms with van der Waals surface area (Å²) in [5.41, 5.74) is 0. The molecule has 3 heteroatoms. The van der Waals surface area contributed by atoms with Gasteiger partial charge in [0.25, 0.3) is 0 Å². The second-order valence-corrected chi connectivity index (χ2v) is 4.57. The Balaban J connectivity index is 3.46. The van der Waals surface area contributed by atoms with E-state index in [1.165, 1.54) is 12.8 Å². The van der Waals surface area contributed by atoms with Gasteiger partial charge in [-0.25, -0.2) is 0 Å². The molecule has 0 heterocycles. The Bertz CT molecular complexity index is 169. The summed E-state index contributed by atoms with van der Waals surface area (Å²) in [7, 11) is 0. The van der Waals surface area contributed by atoms with Crippen molar-refractivity contribution in [2.75, 3.05) is 13.1 Å². The van der Waals surface area contributed by atoms with Gasteiger partial charge in [0.2, 0.25) is 5.91 Å². The minimum absolute atomic E-state index is 0.105. The number of nitrogens with one attached hydrogen (secondary N) is 2. The Labute approximate surface area is 94.0 Å². The van der Waals surface area contributed by atoms with Gasteiger partial charge in [0.15, 0.2) is 0 Å². The zero-order valence-electron chi connectivity index (χ0n) is 10.6. The molecule has 0 rings (SSSR count). The maximum absolute atomic E-state index is 11.3. The molecule has 0 aromatic carbocycles. The molecule has 15 heavy (non-hydrogen) atoms. The lowest BCUT2D eigenvalue weighted by molar-refractivity contribution is -0.120.